The van der Waals surface area contributed by atoms with Crippen LogP contribution >= 0.6 is 0 Å². The van der Waals surface area contributed by atoms with E-state index < -0.39 is 0 Å². The van der Waals surface area contributed by atoms with Gasteiger partial charge in [-0.3, -0.25) is 0 Å². The Morgan fingerprint density at radius 3 is 2.52 bits per heavy atom. The minimum Gasteiger partial charge on any atom is -0.393 e. The zero-order valence-electron chi connectivity index (χ0n) is 13.4. The Labute approximate surface area is 129 Å². The van der Waals surface area contributed by atoms with Crippen LogP contribution in [0.2, 0.25) is 0 Å². The van der Waals surface area contributed by atoms with Crippen molar-refractivity contribution in [3.63, 3.8) is 0 Å². The molecule has 3 fully saturated rings. The van der Waals surface area contributed by atoms with E-state index in [2.05, 4.69) is 0 Å². The summed E-state index contributed by atoms with van der Waals surface area (Å²) in [5.74, 6) is 1.32. The summed E-state index contributed by atoms with van der Waals surface area (Å²) in [6.45, 7) is 2.47. The molecule has 21 heavy (non-hydrogen) atoms. The van der Waals surface area contributed by atoms with Crippen LogP contribution in [0.5, 0.6) is 0 Å². The topological polar surface area (TPSA) is 38.7 Å². The van der Waals surface area contributed by atoms with Crippen molar-refractivity contribution >= 4 is 0 Å². The van der Waals surface area contributed by atoms with Gasteiger partial charge in [0.05, 0.1) is 11.7 Å². The molecule has 2 atom stereocenters. The number of aliphatic hydroxyl groups is 1. The molecule has 2 heterocycles. The Hall–Kier alpha value is -0.120. The maximum absolute atomic E-state index is 10.6. The van der Waals surface area contributed by atoms with Crippen molar-refractivity contribution in [1.82, 2.24) is 0 Å². The van der Waals surface area contributed by atoms with Crippen molar-refractivity contribution in [2.45, 2.75) is 82.3 Å². The first-order valence-electron chi connectivity index (χ1n) is 9.17. The van der Waals surface area contributed by atoms with Gasteiger partial charge in [0.15, 0.2) is 0 Å². The van der Waals surface area contributed by atoms with Crippen molar-refractivity contribution in [3.05, 3.63) is 0 Å². The van der Waals surface area contributed by atoms with E-state index >= 15 is 0 Å². The zero-order chi connectivity index (χ0) is 14.5. The van der Waals surface area contributed by atoms with Gasteiger partial charge in [-0.15, -0.1) is 0 Å². The molecule has 3 nitrogen and oxygen atoms in total. The summed E-state index contributed by atoms with van der Waals surface area (Å²) in [7, 11) is 0. The minimum atomic E-state index is -0.115. The standard InChI is InChI=1S/C18H32O3/c19-17(7-6-15-4-2-1-3-5-15)16-8-11-21-18(14-16)9-12-20-13-10-18/h15-17,19H,1-14H2. The van der Waals surface area contributed by atoms with Gasteiger partial charge in [-0.05, 0) is 50.4 Å². The van der Waals surface area contributed by atoms with Gasteiger partial charge < -0.3 is 14.6 Å². The highest BCUT2D eigenvalue weighted by Gasteiger charge is 2.40. The minimum absolute atomic E-state index is 0.0208. The number of hydrogen-bond donors (Lipinski definition) is 1. The van der Waals surface area contributed by atoms with E-state index in [-0.39, 0.29) is 11.7 Å². The van der Waals surface area contributed by atoms with Gasteiger partial charge in [-0.25, -0.2) is 0 Å². The molecule has 0 aromatic rings. The van der Waals surface area contributed by atoms with Gasteiger partial charge in [-0.2, -0.15) is 0 Å². The SMILES string of the molecule is OC(CCC1CCCCC1)C1CCOC2(CCOCC2)C1. The van der Waals surface area contributed by atoms with Gasteiger partial charge in [0, 0.05) is 19.8 Å². The molecule has 1 saturated carbocycles. The first-order valence-corrected chi connectivity index (χ1v) is 9.17. The summed E-state index contributed by atoms with van der Waals surface area (Å²) in [6, 6.07) is 0. The lowest BCUT2D eigenvalue weighted by Gasteiger charge is -2.44. The van der Waals surface area contributed by atoms with Crippen LogP contribution in [0.3, 0.4) is 0 Å². The van der Waals surface area contributed by atoms with Gasteiger partial charge >= 0.3 is 0 Å². The fraction of sp³-hybridized carbons (Fsp3) is 1.00. The summed E-state index contributed by atoms with van der Waals surface area (Å²) in [6.07, 6.45) is 13.2. The molecule has 2 unspecified atom stereocenters. The zero-order valence-corrected chi connectivity index (χ0v) is 13.4. The largest absolute Gasteiger partial charge is 0.393 e. The van der Waals surface area contributed by atoms with Crippen LogP contribution in [-0.4, -0.2) is 36.6 Å². The summed E-state index contributed by atoms with van der Waals surface area (Å²) in [5.41, 5.74) is 0.0208. The molecule has 3 aliphatic rings. The number of hydrogen-bond acceptors (Lipinski definition) is 3. The highest BCUT2D eigenvalue weighted by molar-refractivity contribution is 4.91. The molecule has 0 aromatic heterocycles. The van der Waals surface area contributed by atoms with Gasteiger partial charge in [0.1, 0.15) is 0 Å². The van der Waals surface area contributed by atoms with Crippen molar-refractivity contribution in [3.8, 4) is 0 Å². The third-order valence-corrected chi connectivity index (χ3v) is 6.07. The van der Waals surface area contributed by atoms with Crippen molar-refractivity contribution in [1.29, 1.82) is 0 Å². The fourth-order valence-electron chi connectivity index (χ4n) is 4.60. The van der Waals surface area contributed by atoms with Crippen LogP contribution in [0.1, 0.15) is 70.6 Å². The third-order valence-electron chi connectivity index (χ3n) is 6.07. The third kappa shape index (κ3) is 4.20. The molecular weight excluding hydrogens is 264 g/mol. The van der Waals surface area contributed by atoms with Gasteiger partial charge in [-0.1, -0.05) is 32.1 Å². The second-order valence-electron chi connectivity index (χ2n) is 7.55. The predicted octanol–water partition coefficient (Wildman–Crippen LogP) is 3.68. The van der Waals surface area contributed by atoms with E-state index in [1.54, 1.807) is 0 Å². The number of rotatable bonds is 4. The Morgan fingerprint density at radius 1 is 1.00 bits per heavy atom. The summed E-state index contributed by atoms with van der Waals surface area (Å²) < 4.78 is 11.6. The van der Waals surface area contributed by atoms with E-state index in [1.807, 2.05) is 0 Å². The molecule has 2 aliphatic heterocycles. The average molecular weight is 296 g/mol. The van der Waals surface area contributed by atoms with E-state index in [9.17, 15) is 5.11 Å². The van der Waals surface area contributed by atoms with Gasteiger partial charge in [0.25, 0.3) is 0 Å². The van der Waals surface area contributed by atoms with Gasteiger partial charge in [0.2, 0.25) is 0 Å². The summed E-state index contributed by atoms with van der Waals surface area (Å²) >= 11 is 0. The lowest BCUT2D eigenvalue weighted by molar-refractivity contribution is -0.159. The predicted molar refractivity (Wildman–Crippen MR) is 83.3 cm³/mol. The second-order valence-corrected chi connectivity index (χ2v) is 7.55. The Bertz CT molecular complexity index is 300. The first kappa shape index (κ1) is 15.8. The second kappa shape index (κ2) is 7.43. The maximum atomic E-state index is 10.6. The average Bonchev–Trinajstić information content (AvgIpc) is 2.54. The molecule has 0 aromatic carbocycles. The normalized spacial score (nSPS) is 32.1. The van der Waals surface area contributed by atoms with Crippen molar-refractivity contribution in [2.75, 3.05) is 19.8 Å². The highest BCUT2D eigenvalue weighted by atomic mass is 16.5. The van der Waals surface area contributed by atoms with Crippen LogP contribution in [0.15, 0.2) is 0 Å². The van der Waals surface area contributed by atoms with Crippen molar-refractivity contribution < 1.29 is 14.6 Å². The molecule has 122 valence electrons. The monoisotopic (exact) mass is 296 g/mol. The van der Waals surface area contributed by atoms with Crippen LogP contribution in [-0.2, 0) is 9.47 Å². The molecular formula is C18H32O3. The summed E-state index contributed by atoms with van der Waals surface area (Å²) in [4.78, 5) is 0. The Kier molecular flexibility index (Phi) is 5.58. The number of aliphatic hydroxyl groups excluding tert-OH is 1. The Morgan fingerprint density at radius 2 is 1.76 bits per heavy atom. The van der Waals surface area contributed by atoms with E-state index in [1.165, 1.54) is 38.5 Å². The lowest BCUT2D eigenvalue weighted by Crippen LogP contribution is -2.46. The molecule has 1 spiro atoms. The molecule has 2 saturated heterocycles. The van der Waals surface area contributed by atoms with Crippen molar-refractivity contribution in [2.24, 2.45) is 11.8 Å². The molecule has 0 radical (unpaired) electrons. The van der Waals surface area contributed by atoms with Crippen LogP contribution < -0.4 is 0 Å². The number of ether oxygens (including phenoxy) is 2. The quantitative estimate of drug-likeness (QED) is 0.860. The van der Waals surface area contributed by atoms with E-state index in [4.69, 9.17) is 9.47 Å². The van der Waals surface area contributed by atoms with Crippen LogP contribution in [0.4, 0.5) is 0 Å². The molecule has 1 N–H and O–H groups in total. The van der Waals surface area contributed by atoms with Crippen LogP contribution in [0.25, 0.3) is 0 Å². The molecule has 1 aliphatic carbocycles. The first-order chi connectivity index (χ1) is 10.3. The lowest BCUT2D eigenvalue weighted by atomic mass is 9.76. The molecule has 3 heteroatoms. The van der Waals surface area contributed by atoms with E-state index in [0.29, 0.717) is 5.92 Å². The maximum Gasteiger partial charge on any atom is 0.0730 e. The highest BCUT2D eigenvalue weighted by Crippen LogP contribution is 2.39. The molecule has 0 bridgehead atoms. The van der Waals surface area contributed by atoms with E-state index in [0.717, 1.165) is 57.8 Å². The fourth-order valence-corrected chi connectivity index (χ4v) is 4.60. The van der Waals surface area contributed by atoms with Crippen LogP contribution in [0, 0.1) is 11.8 Å². The molecule has 3 rings (SSSR count). The Balaban J connectivity index is 1.46. The smallest absolute Gasteiger partial charge is 0.0730 e. The summed E-state index contributed by atoms with van der Waals surface area (Å²) in [5, 5.41) is 10.6. The molecule has 0 amide bonds.